The summed E-state index contributed by atoms with van der Waals surface area (Å²) in [5.74, 6) is -0.307. The van der Waals surface area contributed by atoms with Crippen LogP contribution in [0.15, 0.2) is 16.3 Å². The molecule has 1 saturated heterocycles. The van der Waals surface area contributed by atoms with Gasteiger partial charge in [-0.3, -0.25) is 4.79 Å². The highest BCUT2D eigenvalue weighted by Crippen LogP contribution is 2.30. The summed E-state index contributed by atoms with van der Waals surface area (Å²) in [4.78, 5) is 12.6. The van der Waals surface area contributed by atoms with Crippen molar-refractivity contribution >= 4 is 44.5 Å². The van der Waals surface area contributed by atoms with Crippen molar-refractivity contribution < 1.29 is 13.2 Å². The first-order valence-corrected chi connectivity index (χ1v) is 8.54. The lowest BCUT2D eigenvalue weighted by molar-refractivity contribution is -0.131. The summed E-state index contributed by atoms with van der Waals surface area (Å²) >= 11 is 5.85. The number of carbonyl (C=O) groups is 1. The van der Waals surface area contributed by atoms with Gasteiger partial charge in [0.15, 0.2) is 0 Å². The van der Waals surface area contributed by atoms with Crippen LogP contribution in [0, 0.1) is 0 Å². The number of thiocarbonyl (C=S) groups is 1. The van der Waals surface area contributed by atoms with Crippen LogP contribution in [0.2, 0.25) is 0 Å². The third-order valence-corrected chi connectivity index (χ3v) is 7.16. The Labute approximate surface area is 127 Å². The van der Waals surface area contributed by atoms with Crippen molar-refractivity contribution in [2.45, 2.75) is 23.6 Å². The standard InChI is InChI=1S/C11H15N3O3S3/c1-11(2)10(15)13-5-6-14(11)20(16,17)8-4-3-7(19-8)9(12)18/h3-4H,5-6H2,1-2H3,(H2,12,18)(H,13,15). The van der Waals surface area contributed by atoms with Crippen molar-refractivity contribution in [1.29, 1.82) is 0 Å². The normalized spacial score (nSPS) is 19.6. The maximum absolute atomic E-state index is 12.7. The van der Waals surface area contributed by atoms with Gasteiger partial charge in [-0.2, -0.15) is 4.31 Å². The average Bonchev–Trinajstić information content (AvgIpc) is 2.82. The molecule has 1 aromatic rings. The Morgan fingerprint density at radius 3 is 2.70 bits per heavy atom. The Bertz CT molecular complexity index is 663. The SMILES string of the molecule is CC1(C)C(=O)NCCN1S(=O)(=O)c1ccc(C(N)=S)s1. The molecule has 1 aliphatic heterocycles. The molecule has 0 bridgehead atoms. The minimum Gasteiger partial charge on any atom is -0.389 e. The third kappa shape index (κ3) is 2.46. The Morgan fingerprint density at radius 2 is 2.15 bits per heavy atom. The molecule has 110 valence electrons. The zero-order valence-corrected chi connectivity index (χ0v) is 13.5. The van der Waals surface area contributed by atoms with Gasteiger partial charge in [-0.1, -0.05) is 12.2 Å². The third-order valence-electron chi connectivity index (χ3n) is 3.15. The first kappa shape index (κ1) is 15.4. The molecular formula is C11H15N3O3S3. The number of hydrogen-bond acceptors (Lipinski definition) is 5. The van der Waals surface area contributed by atoms with E-state index in [-0.39, 0.29) is 21.6 Å². The van der Waals surface area contributed by atoms with Gasteiger partial charge in [0.25, 0.3) is 10.0 Å². The van der Waals surface area contributed by atoms with Crippen molar-refractivity contribution in [2.24, 2.45) is 5.73 Å². The van der Waals surface area contributed by atoms with Crippen molar-refractivity contribution in [3.8, 4) is 0 Å². The van der Waals surface area contributed by atoms with Crippen LogP contribution >= 0.6 is 23.6 Å². The predicted octanol–water partition coefficient (Wildman–Crippen LogP) is 0.281. The van der Waals surface area contributed by atoms with Gasteiger partial charge in [-0.05, 0) is 26.0 Å². The number of rotatable bonds is 3. The molecule has 1 fully saturated rings. The Hall–Kier alpha value is -1.03. The first-order valence-electron chi connectivity index (χ1n) is 5.88. The molecule has 0 saturated carbocycles. The number of piperazine rings is 1. The van der Waals surface area contributed by atoms with E-state index in [1.165, 1.54) is 10.4 Å². The molecule has 20 heavy (non-hydrogen) atoms. The van der Waals surface area contributed by atoms with Crippen LogP contribution < -0.4 is 11.1 Å². The van der Waals surface area contributed by atoms with Gasteiger partial charge in [-0.15, -0.1) is 11.3 Å². The molecule has 2 rings (SSSR count). The van der Waals surface area contributed by atoms with E-state index in [1.807, 2.05) is 0 Å². The molecule has 3 N–H and O–H groups in total. The number of nitrogens with zero attached hydrogens (tertiary/aromatic N) is 1. The number of thiophene rings is 1. The molecule has 1 aliphatic rings. The van der Waals surface area contributed by atoms with E-state index in [0.29, 0.717) is 11.4 Å². The molecule has 0 aromatic carbocycles. The van der Waals surface area contributed by atoms with E-state index < -0.39 is 15.6 Å². The number of sulfonamides is 1. The second-order valence-electron chi connectivity index (χ2n) is 4.88. The maximum Gasteiger partial charge on any atom is 0.253 e. The molecule has 2 heterocycles. The van der Waals surface area contributed by atoms with Gasteiger partial charge < -0.3 is 11.1 Å². The minimum absolute atomic E-state index is 0.142. The van der Waals surface area contributed by atoms with E-state index in [1.54, 1.807) is 19.9 Å². The molecule has 1 amide bonds. The van der Waals surface area contributed by atoms with Crippen molar-refractivity contribution in [2.75, 3.05) is 13.1 Å². The van der Waals surface area contributed by atoms with Crippen LogP contribution in [0.3, 0.4) is 0 Å². The fourth-order valence-corrected chi connectivity index (χ4v) is 5.22. The Balaban J connectivity index is 2.43. The topological polar surface area (TPSA) is 92.5 Å². The summed E-state index contributed by atoms with van der Waals surface area (Å²) in [6.07, 6.45) is 0. The van der Waals surface area contributed by atoms with Gasteiger partial charge in [0.05, 0.1) is 4.88 Å². The highest BCUT2D eigenvalue weighted by Gasteiger charge is 2.45. The fraction of sp³-hybridized carbons (Fsp3) is 0.455. The lowest BCUT2D eigenvalue weighted by Crippen LogP contribution is -2.63. The van der Waals surface area contributed by atoms with Crippen LogP contribution in [0.4, 0.5) is 0 Å². The summed E-state index contributed by atoms with van der Waals surface area (Å²) in [6, 6.07) is 3.05. The lowest BCUT2D eigenvalue weighted by Gasteiger charge is -2.39. The van der Waals surface area contributed by atoms with Gasteiger partial charge in [0.2, 0.25) is 5.91 Å². The first-order chi connectivity index (χ1) is 9.17. The van der Waals surface area contributed by atoms with Crippen LogP contribution in [0.1, 0.15) is 18.7 Å². The summed E-state index contributed by atoms with van der Waals surface area (Å²) in [7, 11) is -3.74. The Morgan fingerprint density at radius 1 is 1.50 bits per heavy atom. The highest BCUT2D eigenvalue weighted by molar-refractivity contribution is 7.91. The predicted molar refractivity (Wildman–Crippen MR) is 81.2 cm³/mol. The summed E-state index contributed by atoms with van der Waals surface area (Å²) in [6.45, 7) is 3.71. The van der Waals surface area contributed by atoms with Gasteiger partial charge in [-0.25, -0.2) is 8.42 Å². The van der Waals surface area contributed by atoms with Crippen molar-refractivity contribution in [3.05, 3.63) is 17.0 Å². The van der Waals surface area contributed by atoms with E-state index in [0.717, 1.165) is 11.3 Å². The number of nitrogens with one attached hydrogen (secondary N) is 1. The van der Waals surface area contributed by atoms with E-state index in [2.05, 4.69) is 5.32 Å². The van der Waals surface area contributed by atoms with E-state index in [4.69, 9.17) is 18.0 Å². The number of carbonyl (C=O) groups excluding carboxylic acids is 1. The second kappa shape index (κ2) is 5.06. The Kier molecular flexibility index (Phi) is 3.89. The fourth-order valence-electron chi connectivity index (χ4n) is 2.00. The van der Waals surface area contributed by atoms with E-state index in [9.17, 15) is 13.2 Å². The minimum atomic E-state index is -3.74. The average molecular weight is 333 g/mol. The summed E-state index contributed by atoms with van der Waals surface area (Å²) < 4.78 is 26.7. The molecule has 9 heteroatoms. The zero-order valence-electron chi connectivity index (χ0n) is 11.0. The molecule has 1 aromatic heterocycles. The molecule has 0 atom stereocenters. The van der Waals surface area contributed by atoms with Crippen LogP contribution in [-0.2, 0) is 14.8 Å². The summed E-state index contributed by atoms with van der Waals surface area (Å²) in [5, 5.41) is 2.67. The maximum atomic E-state index is 12.7. The zero-order chi connectivity index (χ0) is 15.1. The van der Waals surface area contributed by atoms with Crippen LogP contribution in [-0.4, -0.2) is 42.2 Å². The highest BCUT2D eigenvalue weighted by atomic mass is 32.2. The molecule has 6 nitrogen and oxygen atoms in total. The van der Waals surface area contributed by atoms with Crippen molar-refractivity contribution in [1.82, 2.24) is 9.62 Å². The van der Waals surface area contributed by atoms with Gasteiger partial charge in [0, 0.05) is 13.1 Å². The number of nitrogens with two attached hydrogens (primary N) is 1. The molecule has 0 unspecified atom stereocenters. The van der Waals surface area contributed by atoms with Crippen LogP contribution in [0.25, 0.3) is 0 Å². The second-order valence-corrected chi connectivity index (χ2v) is 8.49. The smallest absolute Gasteiger partial charge is 0.253 e. The monoisotopic (exact) mass is 333 g/mol. The molecule has 0 radical (unpaired) electrons. The van der Waals surface area contributed by atoms with Gasteiger partial charge in [0.1, 0.15) is 14.7 Å². The van der Waals surface area contributed by atoms with Gasteiger partial charge >= 0.3 is 0 Å². The van der Waals surface area contributed by atoms with E-state index >= 15 is 0 Å². The summed E-state index contributed by atoms with van der Waals surface area (Å²) in [5.41, 5.74) is 4.37. The molecule has 0 spiro atoms. The quantitative estimate of drug-likeness (QED) is 0.775. The van der Waals surface area contributed by atoms with Crippen LogP contribution in [0.5, 0.6) is 0 Å². The lowest BCUT2D eigenvalue weighted by atomic mass is 10.0. The largest absolute Gasteiger partial charge is 0.389 e. The molecular weight excluding hydrogens is 318 g/mol. The number of hydrogen-bond donors (Lipinski definition) is 2. The number of amides is 1. The van der Waals surface area contributed by atoms with Crippen molar-refractivity contribution in [3.63, 3.8) is 0 Å². The molecule has 0 aliphatic carbocycles.